The van der Waals surface area contributed by atoms with E-state index in [9.17, 15) is 0 Å². The van der Waals surface area contributed by atoms with Gasteiger partial charge in [-0.3, -0.25) is 4.84 Å². The zero-order valence-corrected chi connectivity index (χ0v) is 6.04. The standard InChI is InChI=1S/C6H13NO3/c1-5-6(10-5)2-3-7-9-4-8/h5-8H,2-4H2,1H3. The van der Waals surface area contributed by atoms with Gasteiger partial charge < -0.3 is 9.84 Å². The Balaban J connectivity index is 1.78. The minimum Gasteiger partial charge on any atom is -0.370 e. The number of aliphatic hydroxyl groups excluding tert-OH is 1. The van der Waals surface area contributed by atoms with E-state index in [1.807, 2.05) is 6.92 Å². The van der Waals surface area contributed by atoms with Gasteiger partial charge in [0.1, 0.15) is 0 Å². The fraction of sp³-hybridized carbons (Fsp3) is 1.00. The third kappa shape index (κ3) is 2.62. The second kappa shape index (κ2) is 3.88. The maximum absolute atomic E-state index is 8.18. The van der Waals surface area contributed by atoms with Crippen LogP contribution in [0.25, 0.3) is 0 Å². The van der Waals surface area contributed by atoms with Gasteiger partial charge in [0.2, 0.25) is 0 Å². The molecule has 10 heavy (non-hydrogen) atoms. The Labute approximate surface area is 60.1 Å². The maximum Gasteiger partial charge on any atom is 0.163 e. The van der Waals surface area contributed by atoms with Crippen LogP contribution in [0.5, 0.6) is 0 Å². The predicted octanol–water partition coefficient (Wildman–Crippen LogP) is -0.365. The third-order valence-electron chi connectivity index (χ3n) is 1.53. The van der Waals surface area contributed by atoms with E-state index >= 15 is 0 Å². The van der Waals surface area contributed by atoms with Gasteiger partial charge in [-0.25, -0.2) is 0 Å². The number of epoxide rings is 1. The summed E-state index contributed by atoms with van der Waals surface area (Å²) in [5, 5.41) is 8.18. The number of hydroxylamine groups is 1. The van der Waals surface area contributed by atoms with Gasteiger partial charge in [-0.1, -0.05) is 0 Å². The summed E-state index contributed by atoms with van der Waals surface area (Å²) >= 11 is 0. The van der Waals surface area contributed by atoms with Crippen molar-refractivity contribution in [1.82, 2.24) is 5.48 Å². The summed E-state index contributed by atoms with van der Waals surface area (Å²) in [6.07, 6.45) is 1.76. The van der Waals surface area contributed by atoms with Gasteiger partial charge in [-0.05, 0) is 13.3 Å². The van der Waals surface area contributed by atoms with Crippen LogP contribution in [0, 0.1) is 0 Å². The Morgan fingerprint density at radius 3 is 2.90 bits per heavy atom. The first-order valence-electron chi connectivity index (χ1n) is 3.45. The molecule has 0 bridgehead atoms. The zero-order chi connectivity index (χ0) is 7.40. The topological polar surface area (TPSA) is 54.0 Å². The molecule has 2 atom stereocenters. The Bertz CT molecular complexity index is 99.0. The first kappa shape index (κ1) is 7.94. The van der Waals surface area contributed by atoms with E-state index in [-0.39, 0.29) is 6.79 Å². The van der Waals surface area contributed by atoms with Gasteiger partial charge in [0.15, 0.2) is 6.79 Å². The maximum atomic E-state index is 8.18. The lowest BCUT2D eigenvalue weighted by atomic mass is 10.2. The van der Waals surface area contributed by atoms with Crippen molar-refractivity contribution in [3.63, 3.8) is 0 Å². The number of aliphatic hydroxyl groups is 1. The van der Waals surface area contributed by atoms with E-state index < -0.39 is 0 Å². The summed E-state index contributed by atoms with van der Waals surface area (Å²) in [4.78, 5) is 4.50. The molecule has 0 aromatic carbocycles. The smallest absolute Gasteiger partial charge is 0.163 e. The highest BCUT2D eigenvalue weighted by molar-refractivity contribution is 4.79. The molecule has 2 unspecified atom stereocenters. The van der Waals surface area contributed by atoms with Crippen molar-refractivity contribution in [2.24, 2.45) is 0 Å². The number of rotatable bonds is 5. The van der Waals surface area contributed by atoms with Crippen molar-refractivity contribution in [3.8, 4) is 0 Å². The van der Waals surface area contributed by atoms with Crippen LogP contribution in [0.2, 0.25) is 0 Å². The summed E-state index contributed by atoms with van der Waals surface area (Å²) in [7, 11) is 0. The first-order chi connectivity index (χ1) is 4.84. The van der Waals surface area contributed by atoms with Crippen LogP contribution in [0.15, 0.2) is 0 Å². The first-order valence-corrected chi connectivity index (χ1v) is 3.45. The normalized spacial score (nSPS) is 30.6. The van der Waals surface area contributed by atoms with Crippen LogP contribution in [0.1, 0.15) is 13.3 Å². The van der Waals surface area contributed by atoms with E-state index in [4.69, 9.17) is 9.84 Å². The molecular weight excluding hydrogens is 134 g/mol. The molecule has 1 aliphatic rings. The molecule has 0 saturated carbocycles. The van der Waals surface area contributed by atoms with Crippen molar-refractivity contribution in [2.75, 3.05) is 13.3 Å². The van der Waals surface area contributed by atoms with E-state index in [0.717, 1.165) is 13.0 Å². The summed E-state index contributed by atoms with van der Waals surface area (Å²) in [5.74, 6) is 0. The summed E-state index contributed by atoms with van der Waals surface area (Å²) in [5.41, 5.74) is 2.60. The summed E-state index contributed by atoms with van der Waals surface area (Å²) < 4.78 is 5.14. The molecule has 1 fully saturated rings. The van der Waals surface area contributed by atoms with Crippen molar-refractivity contribution >= 4 is 0 Å². The van der Waals surface area contributed by atoms with Crippen molar-refractivity contribution < 1.29 is 14.7 Å². The molecule has 1 saturated heterocycles. The van der Waals surface area contributed by atoms with Gasteiger partial charge >= 0.3 is 0 Å². The summed E-state index contributed by atoms with van der Waals surface area (Å²) in [6.45, 7) is 2.49. The molecule has 1 rings (SSSR count). The SMILES string of the molecule is CC1OC1CCNOCO. The molecule has 4 heteroatoms. The van der Waals surface area contributed by atoms with Crippen LogP contribution >= 0.6 is 0 Å². The van der Waals surface area contributed by atoms with E-state index in [0.29, 0.717) is 12.2 Å². The van der Waals surface area contributed by atoms with Crippen molar-refractivity contribution in [1.29, 1.82) is 0 Å². The Morgan fingerprint density at radius 1 is 1.70 bits per heavy atom. The Kier molecular flexibility index (Phi) is 3.08. The van der Waals surface area contributed by atoms with Gasteiger partial charge in [0.05, 0.1) is 12.2 Å². The third-order valence-corrected chi connectivity index (χ3v) is 1.53. The fourth-order valence-electron chi connectivity index (χ4n) is 0.852. The minimum absolute atomic E-state index is 0.277. The predicted molar refractivity (Wildman–Crippen MR) is 35.1 cm³/mol. The number of nitrogens with one attached hydrogen (secondary N) is 1. The molecule has 1 heterocycles. The zero-order valence-electron chi connectivity index (χ0n) is 6.04. The second-order valence-corrected chi connectivity index (χ2v) is 2.34. The molecule has 0 aromatic heterocycles. The highest BCUT2D eigenvalue weighted by atomic mass is 16.7. The van der Waals surface area contributed by atoms with E-state index in [1.165, 1.54) is 0 Å². The molecule has 0 aromatic rings. The molecule has 0 amide bonds. The highest BCUT2D eigenvalue weighted by Gasteiger charge is 2.32. The second-order valence-electron chi connectivity index (χ2n) is 2.34. The van der Waals surface area contributed by atoms with Crippen LogP contribution < -0.4 is 5.48 Å². The molecule has 0 aliphatic carbocycles. The molecule has 4 nitrogen and oxygen atoms in total. The molecule has 1 aliphatic heterocycles. The van der Waals surface area contributed by atoms with E-state index in [2.05, 4.69) is 10.3 Å². The molecule has 60 valence electrons. The lowest BCUT2D eigenvalue weighted by Gasteiger charge is -1.99. The van der Waals surface area contributed by atoms with Crippen molar-refractivity contribution in [3.05, 3.63) is 0 Å². The fourth-order valence-corrected chi connectivity index (χ4v) is 0.852. The number of ether oxygens (including phenoxy) is 1. The number of hydrogen-bond donors (Lipinski definition) is 2. The van der Waals surface area contributed by atoms with Crippen LogP contribution in [-0.4, -0.2) is 30.7 Å². The largest absolute Gasteiger partial charge is 0.370 e. The van der Waals surface area contributed by atoms with Gasteiger partial charge in [0, 0.05) is 6.54 Å². The van der Waals surface area contributed by atoms with Gasteiger partial charge in [0.25, 0.3) is 0 Å². The molecule has 0 radical (unpaired) electrons. The molecular formula is C6H13NO3. The Morgan fingerprint density at radius 2 is 2.40 bits per heavy atom. The average molecular weight is 147 g/mol. The lowest BCUT2D eigenvalue weighted by Crippen LogP contribution is -2.18. The quantitative estimate of drug-likeness (QED) is 0.241. The summed E-state index contributed by atoms with van der Waals surface area (Å²) in [6, 6.07) is 0. The monoisotopic (exact) mass is 147 g/mol. The van der Waals surface area contributed by atoms with Gasteiger partial charge in [-0.15, -0.1) is 0 Å². The Hall–Kier alpha value is -0.160. The van der Waals surface area contributed by atoms with Crippen molar-refractivity contribution in [2.45, 2.75) is 25.6 Å². The lowest BCUT2D eigenvalue weighted by molar-refractivity contribution is -0.0613. The molecule has 0 spiro atoms. The minimum atomic E-state index is -0.277. The van der Waals surface area contributed by atoms with Crippen LogP contribution in [-0.2, 0) is 9.57 Å². The molecule has 2 N–H and O–H groups in total. The van der Waals surface area contributed by atoms with E-state index in [1.54, 1.807) is 0 Å². The van der Waals surface area contributed by atoms with Crippen LogP contribution in [0.4, 0.5) is 0 Å². The number of hydrogen-bond acceptors (Lipinski definition) is 4. The highest BCUT2D eigenvalue weighted by Crippen LogP contribution is 2.23. The van der Waals surface area contributed by atoms with Gasteiger partial charge in [-0.2, -0.15) is 5.48 Å². The van der Waals surface area contributed by atoms with Crippen LogP contribution in [0.3, 0.4) is 0 Å². The average Bonchev–Trinajstić information content (AvgIpc) is 2.60.